The Hall–Kier alpha value is -1.79. The standard InChI is InChI=1S/C13H21N3O4/c1-8-4-6-16(10(8)12(18)19)11(17)9-3-2-5-15(7-9)13(14)20/h8-10H,2-7H2,1H3,(H2,14,20)(H,18,19). The third-order valence-electron chi connectivity index (χ3n) is 4.32. The topological polar surface area (TPSA) is 104 Å². The molecule has 0 aromatic carbocycles. The van der Waals surface area contributed by atoms with E-state index in [2.05, 4.69) is 0 Å². The first kappa shape index (κ1) is 14.6. The van der Waals surface area contributed by atoms with E-state index in [9.17, 15) is 19.5 Å². The van der Waals surface area contributed by atoms with Crippen molar-refractivity contribution < 1.29 is 19.5 Å². The zero-order chi connectivity index (χ0) is 14.9. The summed E-state index contributed by atoms with van der Waals surface area (Å²) in [4.78, 5) is 37.9. The fourth-order valence-electron chi connectivity index (χ4n) is 3.18. The number of urea groups is 1. The monoisotopic (exact) mass is 283 g/mol. The molecule has 0 spiro atoms. The summed E-state index contributed by atoms with van der Waals surface area (Å²) >= 11 is 0. The Labute approximate surface area is 117 Å². The highest BCUT2D eigenvalue weighted by atomic mass is 16.4. The third-order valence-corrected chi connectivity index (χ3v) is 4.32. The van der Waals surface area contributed by atoms with Crippen molar-refractivity contribution in [3.63, 3.8) is 0 Å². The molecule has 2 fully saturated rings. The lowest BCUT2D eigenvalue weighted by molar-refractivity contribution is -0.151. The molecule has 2 aliphatic rings. The number of carboxylic acid groups (broad SMARTS) is 1. The number of nitrogens with zero attached hydrogens (tertiary/aromatic N) is 2. The molecule has 3 N–H and O–H groups in total. The van der Waals surface area contributed by atoms with Crippen LogP contribution in [-0.4, -0.2) is 58.5 Å². The molecule has 7 nitrogen and oxygen atoms in total. The summed E-state index contributed by atoms with van der Waals surface area (Å²) in [6.07, 6.45) is 2.11. The molecule has 2 aliphatic heterocycles. The van der Waals surface area contributed by atoms with E-state index in [1.165, 1.54) is 9.80 Å². The molecule has 0 aliphatic carbocycles. The van der Waals surface area contributed by atoms with Crippen LogP contribution in [0.2, 0.25) is 0 Å². The molecule has 112 valence electrons. The Morgan fingerprint density at radius 2 is 1.90 bits per heavy atom. The third kappa shape index (κ3) is 2.71. The van der Waals surface area contributed by atoms with Gasteiger partial charge in [-0.2, -0.15) is 0 Å². The molecule has 3 unspecified atom stereocenters. The van der Waals surface area contributed by atoms with Crippen LogP contribution in [0.1, 0.15) is 26.2 Å². The van der Waals surface area contributed by atoms with E-state index in [0.29, 0.717) is 32.5 Å². The number of rotatable bonds is 2. The molecular formula is C13H21N3O4. The highest BCUT2D eigenvalue weighted by Crippen LogP contribution is 2.28. The van der Waals surface area contributed by atoms with Crippen LogP contribution < -0.4 is 5.73 Å². The van der Waals surface area contributed by atoms with Gasteiger partial charge in [0.05, 0.1) is 5.92 Å². The number of amides is 3. The molecule has 2 rings (SSSR count). The second-order valence-corrected chi connectivity index (χ2v) is 5.70. The van der Waals surface area contributed by atoms with Gasteiger partial charge in [0.1, 0.15) is 6.04 Å². The lowest BCUT2D eigenvalue weighted by atomic mass is 9.95. The lowest BCUT2D eigenvalue weighted by Crippen LogP contribution is -2.51. The van der Waals surface area contributed by atoms with Crippen molar-refractivity contribution in [2.45, 2.75) is 32.2 Å². The zero-order valence-corrected chi connectivity index (χ0v) is 11.6. The van der Waals surface area contributed by atoms with Crippen molar-refractivity contribution in [3.8, 4) is 0 Å². The molecule has 0 bridgehead atoms. The van der Waals surface area contributed by atoms with E-state index in [-0.39, 0.29) is 17.7 Å². The molecule has 20 heavy (non-hydrogen) atoms. The van der Waals surface area contributed by atoms with Gasteiger partial charge in [0.2, 0.25) is 5.91 Å². The number of primary amides is 1. The minimum Gasteiger partial charge on any atom is -0.480 e. The minimum absolute atomic E-state index is 0.0349. The first-order valence-electron chi connectivity index (χ1n) is 6.99. The average molecular weight is 283 g/mol. The van der Waals surface area contributed by atoms with Gasteiger partial charge in [-0.05, 0) is 25.2 Å². The number of piperidine rings is 1. The molecule has 0 radical (unpaired) electrons. The predicted molar refractivity (Wildman–Crippen MR) is 70.8 cm³/mol. The van der Waals surface area contributed by atoms with E-state index < -0.39 is 18.0 Å². The summed E-state index contributed by atoms with van der Waals surface area (Å²) in [5.74, 6) is -1.48. The fourth-order valence-corrected chi connectivity index (χ4v) is 3.18. The van der Waals surface area contributed by atoms with Crippen molar-refractivity contribution in [1.29, 1.82) is 0 Å². The summed E-state index contributed by atoms with van der Waals surface area (Å²) in [5, 5.41) is 9.26. The second kappa shape index (κ2) is 5.68. The fraction of sp³-hybridized carbons (Fsp3) is 0.769. The Morgan fingerprint density at radius 3 is 2.50 bits per heavy atom. The molecule has 0 saturated carbocycles. The molecule has 0 aromatic heterocycles. The summed E-state index contributed by atoms with van der Waals surface area (Å²) < 4.78 is 0. The van der Waals surface area contributed by atoms with Gasteiger partial charge in [-0.25, -0.2) is 9.59 Å². The van der Waals surface area contributed by atoms with E-state index in [1.54, 1.807) is 0 Å². The van der Waals surface area contributed by atoms with Gasteiger partial charge < -0.3 is 20.6 Å². The average Bonchev–Trinajstić information content (AvgIpc) is 2.80. The number of hydrogen-bond donors (Lipinski definition) is 2. The van der Waals surface area contributed by atoms with Crippen LogP contribution >= 0.6 is 0 Å². The summed E-state index contributed by atoms with van der Waals surface area (Å²) in [5.41, 5.74) is 5.25. The maximum absolute atomic E-state index is 12.5. The Balaban J connectivity index is 2.07. The number of carbonyl (C=O) groups excluding carboxylic acids is 2. The predicted octanol–water partition coefficient (Wildman–Crippen LogP) is 0.0987. The highest BCUT2D eigenvalue weighted by molar-refractivity contribution is 5.86. The van der Waals surface area contributed by atoms with Crippen molar-refractivity contribution in [2.75, 3.05) is 19.6 Å². The molecule has 0 aromatic rings. The van der Waals surface area contributed by atoms with Crippen LogP contribution in [0.15, 0.2) is 0 Å². The molecular weight excluding hydrogens is 262 g/mol. The van der Waals surface area contributed by atoms with Gasteiger partial charge in [0.15, 0.2) is 0 Å². The van der Waals surface area contributed by atoms with E-state index in [4.69, 9.17) is 5.73 Å². The van der Waals surface area contributed by atoms with Crippen molar-refractivity contribution in [2.24, 2.45) is 17.6 Å². The summed E-state index contributed by atoms with van der Waals surface area (Å²) in [7, 11) is 0. The van der Waals surface area contributed by atoms with Crippen molar-refractivity contribution >= 4 is 17.9 Å². The van der Waals surface area contributed by atoms with Crippen LogP contribution in [0.5, 0.6) is 0 Å². The van der Waals surface area contributed by atoms with Crippen LogP contribution in [0.4, 0.5) is 4.79 Å². The molecule has 2 saturated heterocycles. The second-order valence-electron chi connectivity index (χ2n) is 5.70. The van der Waals surface area contributed by atoms with Gasteiger partial charge in [0.25, 0.3) is 0 Å². The summed E-state index contributed by atoms with van der Waals surface area (Å²) in [6, 6.07) is -1.27. The first-order chi connectivity index (χ1) is 9.41. The van der Waals surface area contributed by atoms with E-state index >= 15 is 0 Å². The number of aliphatic carboxylic acids is 1. The van der Waals surface area contributed by atoms with Gasteiger partial charge in [-0.3, -0.25) is 4.79 Å². The first-order valence-corrected chi connectivity index (χ1v) is 6.99. The molecule has 2 heterocycles. The van der Waals surface area contributed by atoms with Gasteiger partial charge in [0, 0.05) is 19.6 Å². The maximum Gasteiger partial charge on any atom is 0.326 e. The van der Waals surface area contributed by atoms with Crippen LogP contribution in [-0.2, 0) is 9.59 Å². The number of nitrogens with two attached hydrogens (primary N) is 1. The quantitative estimate of drug-likeness (QED) is 0.750. The number of hydrogen-bond acceptors (Lipinski definition) is 3. The normalized spacial score (nSPS) is 30.4. The minimum atomic E-state index is -0.953. The lowest BCUT2D eigenvalue weighted by Gasteiger charge is -2.34. The number of likely N-dealkylation sites (tertiary alicyclic amines) is 2. The number of carbonyl (C=O) groups is 3. The maximum atomic E-state index is 12.5. The molecule has 3 amide bonds. The zero-order valence-electron chi connectivity index (χ0n) is 11.6. The van der Waals surface area contributed by atoms with Gasteiger partial charge in [-0.15, -0.1) is 0 Å². The Bertz CT molecular complexity index is 426. The number of carboxylic acids is 1. The van der Waals surface area contributed by atoms with Gasteiger partial charge in [-0.1, -0.05) is 6.92 Å². The summed E-state index contributed by atoms with van der Waals surface area (Å²) in [6.45, 7) is 3.19. The molecule has 3 atom stereocenters. The Kier molecular flexibility index (Phi) is 4.15. The largest absolute Gasteiger partial charge is 0.480 e. The smallest absolute Gasteiger partial charge is 0.326 e. The van der Waals surface area contributed by atoms with Gasteiger partial charge >= 0.3 is 12.0 Å². The highest BCUT2D eigenvalue weighted by Gasteiger charge is 2.42. The Morgan fingerprint density at radius 1 is 1.20 bits per heavy atom. The SMILES string of the molecule is CC1CCN(C(=O)C2CCCN(C(N)=O)C2)C1C(=O)O. The van der Waals surface area contributed by atoms with Crippen LogP contribution in [0.25, 0.3) is 0 Å². The van der Waals surface area contributed by atoms with Crippen LogP contribution in [0.3, 0.4) is 0 Å². The van der Waals surface area contributed by atoms with Crippen molar-refractivity contribution in [1.82, 2.24) is 9.80 Å². The van der Waals surface area contributed by atoms with E-state index in [0.717, 1.165) is 6.42 Å². The van der Waals surface area contributed by atoms with E-state index in [1.807, 2.05) is 6.92 Å². The van der Waals surface area contributed by atoms with Crippen LogP contribution in [0, 0.1) is 11.8 Å². The molecule has 7 heteroatoms. The van der Waals surface area contributed by atoms with Crippen molar-refractivity contribution in [3.05, 3.63) is 0 Å².